The Morgan fingerprint density at radius 1 is 1.56 bits per heavy atom. The first-order valence-electron chi connectivity index (χ1n) is 6.11. The van der Waals surface area contributed by atoms with Gasteiger partial charge in [-0.2, -0.15) is 0 Å². The molecule has 0 spiro atoms. The van der Waals surface area contributed by atoms with Crippen LogP contribution in [0.5, 0.6) is 5.75 Å². The van der Waals surface area contributed by atoms with E-state index < -0.39 is 12.6 Å². The van der Waals surface area contributed by atoms with Gasteiger partial charge in [0.25, 0.3) is 0 Å². The van der Waals surface area contributed by atoms with Crippen LogP contribution in [0.15, 0.2) is 18.2 Å². The fourth-order valence-corrected chi connectivity index (χ4v) is 2.50. The zero-order valence-corrected chi connectivity index (χ0v) is 10.4. The molecule has 18 heavy (non-hydrogen) atoms. The predicted octanol–water partition coefficient (Wildman–Crippen LogP) is 3.13. The largest absolute Gasteiger partial charge is 0.496 e. The summed E-state index contributed by atoms with van der Waals surface area (Å²) in [4.78, 5) is 11.0. The Kier molecular flexibility index (Phi) is 3.84. The number of rotatable bonds is 6. The Morgan fingerprint density at radius 2 is 2.28 bits per heavy atom. The zero-order chi connectivity index (χ0) is 13.1. The first kappa shape index (κ1) is 12.9. The molecule has 1 aliphatic carbocycles. The highest BCUT2D eigenvalue weighted by Gasteiger charge is 2.36. The number of methoxy groups -OCH3 is 1. The summed E-state index contributed by atoms with van der Waals surface area (Å²) < 4.78 is 18.3. The number of carbonyl (C=O) groups is 1. The summed E-state index contributed by atoms with van der Waals surface area (Å²) in [5.74, 6) is -0.0296. The van der Waals surface area contributed by atoms with Crippen LogP contribution in [0.4, 0.5) is 4.39 Å². The Bertz CT molecular complexity index is 418. The van der Waals surface area contributed by atoms with Crippen LogP contribution in [0.1, 0.15) is 36.3 Å². The molecular formula is C14H17FO3. The van der Waals surface area contributed by atoms with Crippen molar-refractivity contribution in [1.82, 2.24) is 0 Å². The van der Waals surface area contributed by atoms with Crippen LogP contribution in [0, 0.1) is 5.92 Å². The summed E-state index contributed by atoms with van der Waals surface area (Å²) in [6.07, 6.45) is 2.07. The Hall–Kier alpha value is -1.58. The van der Waals surface area contributed by atoms with Gasteiger partial charge in [-0.15, -0.1) is 0 Å². The average molecular weight is 252 g/mol. The first-order chi connectivity index (χ1) is 8.67. The van der Waals surface area contributed by atoms with Crippen LogP contribution in [0.25, 0.3) is 0 Å². The van der Waals surface area contributed by atoms with Gasteiger partial charge in [-0.1, -0.05) is 12.1 Å². The molecule has 1 N–H and O–H groups in total. The van der Waals surface area contributed by atoms with Crippen molar-refractivity contribution in [2.45, 2.75) is 31.9 Å². The van der Waals surface area contributed by atoms with Crippen LogP contribution in [-0.4, -0.2) is 18.2 Å². The predicted molar refractivity (Wildman–Crippen MR) is 65.5 cm³/mol. The van der Waals surface area contributed by atoms with Gasteiger partial charge in [0.2, 0.25) is 0 Å². The molecule has 1 saturated carbocycles. The Morgan fingerprint density at radius 3 is 2.78 bits per heavy atom. The molecule has 1 atom stereocenters. The van der Waals surface area contributed by atoms with Crippen molar-refractivity contribution in [2.75, 3.05) is 7.11 Å². The Balaban J connectivity index is 2.41. The van der Waals surface area contributed by atoms with Crippen molar-refractivity contribution in [3.05, 3.63) is 29.3 Å². The van der Waals surface area contributed by atoms with Crippen LogP contribution in [-0.2, 0) is 11.5 Å². The van der Waals surface area contributed by atoms with Gasteiger partial charge < -0.3 is 9.84 Å². The summed E-state index contributed by atoms with van der Waals surface area (Å²) in [5.41, 5.74) is 1.29. The molecule has 1 unspecified atom stereocenters. The van der Waals surface area contributed by atoms with Crippen LogP contribution in [0.3, 0.4) is 0 Å². The maximum absolute atomic E-state index is 13.1. The minimum absolute atomic E-state index is 0.0397. The summed E-state index contributed by atoms with van der Waals surface area (Å²) in [6.45, 7) is -0.588. The van der Waals surface area contributed by atoms with E-state index in [1.807, 2.05) is 0 Å². The number of carboxylic acids is 1. The van der Waals surface area contributed by atoms with Crippen LogP contribution in [0.2, 0.25) is 0 Å². The van der Waals surface area contributed by atoms with Crippen molar-refractivity contribution in [1.29, 1.82) is 0 Å². The lowest BCUT2D eigenvalue weighted by Crippen LogP contribution is -2.12. The lowest BCUT2D eigenvalue weighted by atomic mass is 9.87. The fraction of sp³-hybridized carbons (Fsp3) is 0.500. The van der Waals surface area contributed by atoms with Gasteiger partial charge in [0.05, 0.1) is 13.5 Å². The third-order valence-electron chi connectivity index (χ3n) is 3.48. The van der Waals surface area contributed by atoms with Gasteiger partial charge in [0, 0.05) is 11.5 Å². The fourth-order valence-electron chi connectivity index (χ4n) is 2.50. The monoisotopic (exact) mass is 252 g/mol. The molecule has 98 valence electrons. The summed E-state index contributed by atoms with van der Waals surface area (Å²) in [7, 11) is 1.53. The smallest absolute Gasteiger partial charge is 0.303 e. The molecule has 0 saturated heterocycles. The highest BCUT2D eigenvalue weighted by molar-refractivity contribution is 5.68. The standard InChI is InChI=1S/C14H17FO3/c1-18-12-4-2-3-10(8-15)14(12)11(7-13(16)17)9-5-6-9/h2-4,9,11H,5-8H2,1H3,(H,16,17). The summed E-state index contributed by atoms with van der Waals surface area (Å²) >= 11 is 0. The molecular weight excluding hydrogens is 235 g/mol. The number of ether oxygens (including phenoxy) is 1. The highest BCUT2D eigenvalue weighted by Crippen LogP contribution is 2.48. The third-order valence-corrected chi connectivity index (χ3v) is 3.48. The molecule has 0 aliphatic heterocycles. The Labute approximate surface area is 106 Å². The van der Waals surface area contributed by atoms with E-state index in [9.17, 15) is 9.18 Å². The lowest BCUT2D eigenvalue weighted by molar-refractivity contribution is -0.137. The van der Waals surface area contributed by atoms with Gasteiger partial charge >= 0.3 is 5.97 Å². The maximum Gasteiger partial charge on any atom is 0.303 e. The van der Waals surface area contributed by atoms with Crippen molar-refractivity contribution in [3.63, 3.8) is 0 Å². The zero-order valence-electron chi connectivity index (χ0n) is 10.4. The van der Waals surface area contributed by atoms with E-state index in [-0.39, 0.29) is 12.3 Å². The van der Waals surface area contributed by atoms with Crippen molar-refractivity contribution < 1.29 is 19.0 Å². The van der Waals surface area contributed by atoms with E-state index in [1.54, 1.807) is 18.2 Å². The molecule has 1 fully saturated rings. The topological polar surface area (TPSA) is 46.5 Å². The van der Waals surface area contributed by atoms with E-state index in [0.29, 0.717) is 17.2 Å². The maximum atomic E-state index is 13.1. The third kappa shape index (κ3) is 2.63. The first-order valence-corrected chi connectivity index (χ1v) is 6.11. The number of halogens is 1. The van der Waals surface area contributed by atoms with Crippen molar-refractivity contribution in [2.24, 2.45) is 5.92 Å². The van der Waals surface area contributed by atoms with E-state index in [2.05, 4.69) is 0 Å². The summed E-state index contributed by atoms with van der Waals surface area (Å²) in [5, 5.41) is 9.01. The number of aliphatic carboxylic acids is 1. The molecule has 1 aromatic rings. The molecule has 0 amide bonds. The van der Waals surface area contributed by atoms with Crippen LogP contribution >= 0.6 is 0 Å². The molecule has 3 nitrogen and oxygen atoms in total. The lowest BCUT2D eigenvalue weighted by Gasteiger charge is -2.20. The quantitative estimate of drug-likeness (QED) is 0.846. The van der Waals surface area contributed by atoms with E-state index in [1.165, 1.54) is 7.11 Å². The molecule has 0 aromatic heterocycles. The number of alkyl halides is 1. The van der Waals surface area contributed by atoms with Gasteiger partial charge in [-0.3, -0.25) is 4.79 Å². The van der Waals surface area contributed by atoms with Gasteiger partial charge in [0.15, 0.2) is 0 Å². The minimum atomic E-state index is -0.845. The SMILES string of the molecule is COc1cccc(CF)c1C(CC(=O)O)C1CC1. The van der Waals surface area contributed by atoms with E-state index in [4.69, 9.17) is 9.84 Å². The number of carboxylic acid groups (broad SMARTS) is 1. The minimum Gasteiger partial charge on any atom is -0.496 e. The highest BCUT2D eigenvalue weighted by atomic mass is 19.1. The van der Waals surface area contributed by atoms with Gasteiger partial charge in [-0.05, 0) is 30.4 Å². The second kappa shape index (κ2) is 5.38. The molecule has 0 bridgehead atoms. The molecule has 0 radical (unpaired) electrons. The molecule has 4 heteroatoms. The van der Waals surface area contributed by atoms with Gasteiger partial charge in [-0.25, -0.2) is 4.39 Å². The number of hydrogen-bond acceptors (Lipinski definition) is 2. The molecule has 2 rings (SSSR count). The molecule has 0 heterocycles. The van der Waals surface area contributed by atoms with Crippen LogP contribution < -0.4 is 4.74 Å². The second-order valence-electron chi connectivity index (χ2n) is 4.71. The van der Waals surface area contributed by atoms with E-state index in [0.717, 1.165) is 18.4 Å². The number of hydrogen-bond donors (Lipinski definition) is 1. The average Bonchev–Trinajstić information content (AvgIpc) is 3.19. The second-order valence-corrected chi connectivity index (χ2v) is 4.71. The summed E-state index contributed by atoms with van der Waals surface area (Å²) in [6, 6.07) is 5.21. The normalized spacial score (nSPS) is 16.3. The van der Waals surface area contributed by atoms with Gasteiger partial charge in [0.1, 0.15) is 12.4 Å². The van der Waals surface area contributed by atoms with Crippen molar-refractivity contribution in [3.8, 4) is 5.75 Å². The molecule has 1 aromatic carbocycles. The van der Waals surface area contributed by atoms with Crippen molar-refractivity contribution >= 4 is 5.97 Å². The van der Waals surface area contributed by atoms with E-state index >= 15 is 0 Å². The molecule has 1 aliphatic rings. The number of benzene rings is 1.